The Balaban J connectivity index is 2.09. The Bertz CT molecular complexity index is 706. The van der Waals surface area contributed by atoms with Crippen LogP contribution in [-0.4, -0.2) is 16.6 Å². The van der Waals surface area contributed by atoms with Crippen LogP contribution in [0.4, 0.5) is 5.69 Å². The number of nitrogens with zero attached hydrogens (tertiary/aromatic N) is 1. The minimum Gasteiger partial charge on any atom is -0.466 e. The molecule has 0 aliphatic carbocycles. The predicted octanol–water partition coefficient (Wildman–Crippen LogP) is 3.36. The van der Waals surface area contributed by atoms with E-state index in [2.05, 4.69) is 5.32 Å². The van der Waals surface area contributed by atoms with Crippen LogP contribution in [-0.2, 0) is 5.60 Å². The standard InChI is InChI=1S/C17H22N2O4/c1-11-8-16(13(3)23-11)17(4,20)10-18-12(2)14-6-5-7-15(9-14)19(21)22/h5-9,12,18,20H,10H2,1-4H3. The molecule has 2 atom stereocenters. The molecular weight excluding hydrogens is 296 g/mol. The molecule has 1 aromatic carbocycles. The number of non-ortho nitro benzene ring substituents is 1. The van der Waals surface area contributed by atoms with Crippen LogP contribution in [0.3, 0.4) is 0 Å². The number of nitro groups is 1. The van der Waals surface area contributed by atoms with Gasteiger partial charge in [0.05, 0.1) is 4.92 Å². The Hall–Kier alpha value is -2.18. The van der Waals surface area contributed by atoms with Gasteiger partial charge in [-0.05, 0) is 39.3 Å². The zero-order valence-corrected chi connectivity index (χ0v) is 13.8. The van der Waals surface area contributed by atoms with Crippen molar-refractivity contribution in [3.63, 3.8) is 0 Å². The van der Waals surface area contributed by atoms with Crippen molar-refractivity contribution in [1.82, 2.24) is 5.32 Å². The van der Waals surface area contributed by atoms with E-state index in [0.29, 0.717) is 12.3 Å². The Morgan fingerprint density at radius 2 is 2.09 bits per heavy atom. The van der Waals surface area contributed by atoms with Crippen LogP contribution in [0.1, 0.15) is 42.5 Å². The van der Waals surface area contributed by atoms with Crippen molar-refractivity contribution in [3.05, 3.63) is 63.1 Å². The molecule has 1 heterocycles. The quantitative estimate of drug-likeness (QED) is 0.630. The molecule has 2 unspecified atom stereocenters. The van der Waals surface area contributed by atoms with Crippen LogP contribution in [0.2, 0.25) is 0 Å². The fraction of sp³-hybridized carbons (Fsp3) is 0.412. The first-order valence-electron chi connectivity index (χ1n) is 7.48. The van der Waals surface area contributed by atoms with Crippen LogP contribution < -0.4 is 5.32 Å². The van der Waals surface area contributed by atoms with E-state index in [0.717, 1.165) is 16.9 Å². The van der Waals surface area contributed by atoms with E-state index < -0.39 is 10.5 Å². The number of rotatable bonds is 6. The molecule has 0 radical (unpaired) electrons. The second-order valence-corrected chi connectivity index (χ2v) is 6.06. The fourth-order valence-electron chi connectivity index (χ4n) is 2.64. The average molecular weight is 318 g/mol. The Kier molecular flexibility index (Phi) is 4.87. The number of nitrogens with one attached hydrogen (secondary N) is 1. The SMILES string of the molecule is Cc1cc(C(C)(O)CNC(C)c2cccc([N+](=O)[O-])c2)c(C)o1. The lowest BCUT2D eigenvalue weighted by molar-refractivity contribution is -0.384. The van der Waals surface area contributed by atoms with Crippen LogP contribution in [0, 0.1) is 24.0 Å². The molecule has 2 aromatic rings. The van der Waals surface area contributed by atoms with Gasteiger partial charge in [0, 0.05) is 30.3 Å². The highest BCUT2D eigenvalue weighted by atomic mass is 16.6. The molecular formula is C17H22N2O4. The third-order valence-electron chi connectivity index (χ3n) is 3.95. The van der Waals surface area contributed by atoms with Crippen molar-refractivity contribution in [1.29, 1.82) is 0 Å². The topological polar surface area (TPSA) is 88.5 Å². The highest BCUT2D eigenvalue weighted by molar-refractivity contribution is 5.35. The number of nitro benzene ring substituents is 1. The maximum Gasteiger partial charge on any atom is 0.269 e. The van der Waals surface area contributed by atoms with Crippen molar-refractivity contribution < 1.29 is 14.4 Å². The normalized spacial score (nSPS) is 15.2. The molecule has 124 valence electrons. The molecule has 0 bridgehead atoms. The maximum atomic E-state index is 10.9. The lowest BCUT2D eigenvalue weighted by atomic mass is 9.95. The molecule has 0 aliphatic rings. The fourth-order valence-corrected chi connectivity index (χ4v) is 2.64. The smallest absolute Gasteiger partial charge is 0.269 e. The first kappa shape index (κ1) is 17.2. The van der Waals surface area contributed by atoms with Crippen molar-refractivity contribution >= 4 is 5.69 Å². The van der Waals surface area contributed by atoms with Gasteiger partial charge < -0.3 is 14.8 Å². The van der Waals surface area contributed by atoms with Gasteiger partial charge in [0.25, 0.3) is 5.69 Å². The summed E-state index contributed by atoms with van der Waals surface area (Å²) in [5.74, 6) is 1.45. The van der Waals surface area contributed by atoms with Gasteiger partial charge in [0.2, 0.25) is 0 Å². The molecule has 23 heavy (non-hydrogen) atoms. The van der Waals surface area contributed by atoms with E-state index in [9.17, 15) is 15.2 Å². The number of furan rings is 1. The Morgan fingerprint density at radius 1 is 1.39 bits per heavy atom. The van der Waals surface area contributed by atoms with Crippen LogP contribution in [0.15, 0.2) is 34.7 Å². The minimum absolute atomic E-state index is 0.0595. The summed E-state index contributed by atoms with van der Waals surface area (Å²) >= 11 is 0. The van der Waals surface area contributed by atoms with Crippen molar-refractivity contribution in [2.75, 3.05) is 6.54 Å². The zero-order chi connectivity index (χ0) is 17.2. The largest absolute Gasteiger partial charge is 0.466 e. The van der Waals surface area contributed by atoms with Crippen molar-refractivity contribution in [2.45, 2.75) is 39.3 Å². The molecule has 6 nitrogen and oxygen atoms in total. The summed E-state index contributed by atoms with van der Waals surface area (Å²) in [6.45, 7) is 7.59. The third kappa shape index (κ3) is 3.97. The summed E-state index contributed by atoms with van der Waals surface area (Å²) in [7, 11) is 0. The average Bonchev–Trinajstić information content (AvgIpc) is 2.84. The third-order valence-corrected chi connectivity index (χ3v) is 3.95. The van der Waals surface area contributed by atoms with E-state index in [1.165, 1.54) is 6.07 Å². The lowest BCUT2D eigenvalue weighted by Crippen LogP contribution is -2.36. The summed E-state index contributed by atoms with van der Waals surface area (Å²) in [5.41, 5.74) is 0.518. The van der Waals surface area contributed by atoms with Crippen molar-refractivity contribution in [2.24, 2.45) is 0 Å². The first-order valence-corrected chi connectivity index (χ1v) is 7.48. The number of hydrogen-bond donors (Lipinski definition) is 2. The molecule has 0 spiro atoms. The Morgan fingerprint density at radius 3 is 2.65 bits per heavy atom. The molecule has 0 fully saturated rings. The van der Waals surface area contributed by atoms with Gasteiger partial charge >= 0.3 is 0 Å². The highest BCUT2D eigenvalue weighted by Crippen LogP contribution is 2.27. The predicted molar refractivity (Wildman–Crippen MR) is 87.3 cm³/mol. The van der Waals surface area contributed by atoms with Gasteiger partial charge in [-0.15, -0.1) is 0 Å². The Labute approximate surface area is 135 Å². The summed E-state index contributed by atoms with van der Waals surface area (Å²) in [6, 6.07) is 8.19. The summed E-state index contributed by atoms with van der Waals surface area (Å²) < 4.78 is 5.47. The van der Waals surface area contributed by atoms with E-state index in [4.69, 9.17) is 4.42 Å². The summed E-state index contributed by atoms with van der Waals surface area (Å²) in [4.78, 5) is 10.4. The summed E-state index contributed by atoms with van der Waals surface area (Å²) in [5, 5.41) is 24.8. The number of aliphatic hydroxyl groups is 1. The summed E-state index contributed by atoms with van der Waals surface area (Å²) in [6.07, 6.45) is 0. The molecule has 2 rings (SSSR count). The van der Waals surface area contributed by atoms with E-state index in [-0.39, 0.29) is 11.7 Å². The maximum absolute atomic E-state index is 10.9. The van der Waals surface area contributed by atoms with Crippen LogP contribution >= 0.6 is 0 Å². The number of aryl methyl sites for hydroxylation is 2. The number of hydrogen-bond acceptors (Lipinski definition) is 5. The number of benzene rings is 1. The van der Waals surface area contributed by atoms with Gasteiger partial charge in [-0.2, -0.15) is 0 Å². The van der Waals surface area contributed by atoms with Gasteiger partial charge in [0.15, 0.2) is 0 Å². The second-order valence-electron chi connectivity index (χ2n) is 6.06. The second kappa shape index (κ2) is 6.52. The molecule has 6 heteroatoms. The highest BCUT2D eigenvalue weighted by Gasteiger charge is 2.28. The van der Waals surface area contributed by atoms with Gasteiger partial charge in [0.1, 0.15) is 17.1 Å². The minimum atomic E-state index is -1.09. The molecule has 0 saturated carbocycles. The zero-order valence-electron chi connectivity index (χ0n) is 13.8. The van der Waals surface area contributed by atoms with Gasteiger partial charge in [-0.1, -0.05) is 12.1 Å². The van der Waals surface area contributed by atoms with Crippen LogP contribution in [0.25, 0.3) is 0 Å². The van der Waals surface area contributed by atoms with Crippen molar-refractivity contribution in [3.8, 4) is 0 Å². The molecule has 0 aliphatic heterocycles. The lowest BCUT2D eigenvalue weighted by Gasteiger charge is -2.26. The van der Waals surface area contributed by atoms with E-state index in [1.54, 1.807) is 19.1 Å². The monoisotopic (exact) mass is 318 g/mol. The van der Waals surface area contributed by atoms with Crippen LogP contribution in [0.5, 0.6) is 0 Å². The van der Waals surface area contributed by atoms with Gasteiger partial charge in [-0.3, -0.25) is 10.1 Å². The van der Waals surface area contributed by atoms with Gasteiger partial charge in [-0.25, -0.2) is 0 Å². The van der Waals surface area contributed by atoms with E-state index >= 15 is 0 Å². The van der Waals surface area contributed by atoms with E-state index in [1.807, 2.05) is 32.9 Å². The first-order chi connectivity index (χ1) is 10.7. The molecule has 1 aromatic heterocycles. The molecule has 0 saturated heterocycles. The molecule has 2 N–H and O–H groups in total. The molecule has 0 amide bonds.